The van der Waals surface area contributed by atoms with Gasteiger partial charge in [-0.25, -0.2) is 0 Å². The highest BCUT2D eigenvalue weighted by Crippen LogP contribution is 2.47. The van der Waals surface area contributed by atoms with Crippen LogP contribution in [0.4, 0.5) is 0 Å². The zero-order chi connectivity index (χ0) is 30.4. The van der Waals surface area contributed by atoms with Gasteiger partial charge in [0, 0.05) is 45.1 Å². The van der Waals surface area contributed by atoms with E-state index in [4.69, 9.17) is 37.9 Å². The molecule has 0 bridgehead atoms. The highest BCUT2D eigenvalue weighted by molar-refractivity contribution is 7.82. The SMILES string of the molecule is Cc1cc(S)ccc1C(C)(c1ccc(C(C)(c2ccc(S)cc2S)c2ccc(S)cc2S)cc1)c1ccc(S)cc1S. The molecular formula is C35H32S7. The second kappa shape index (κ2) is 12.5. The summed E-state index contributed by atoms with van der Waals surface area (Å²) in [6.45, 7) is 6.64. The van der Waals surface area contributed by atoms with E-state index in [9.17, 15) is 0 Å². The maximum Gasteiger partial charge on any atom is 0.0445 e. The smallest absolute Gasteiger partial charge is 0.0445 e. The fourth-order valence-corrected chi connectivity index (χ4v) is 8.58. The van der Waals surface area contributed by atoms with E-state index in [-0.39, 0.29) is 0 Å². The van der Waals surface area contributed by atoms with Crippen LogP contribution in [0.25, 0.3) is 0 Å². The van der Waals surface area contributed by atoms with E-state index in [1.807, 2.05) is 36.4 Å². The van der Waals surface area contributed by atoms with Gasteiger partial charge in [-0.15, -0.1) is 88.4 Å². The van der Waals surface area contributed by atoms with Crippen molar-refractivity contribution in [3.05, 3.63) is 136 Å². The van der Waals surface area contributed by atoms with Gasteiger partial charge in [0.2, 0.25) is 0 Å². The van der Waals surface area contributed by atoms with Crippen LogP contribution in [0.2, 0.25) is 0 Å². The molecule has 1 atom stereocenters. The first-order chi connectivity index (χ1) is 19.8. The molecule has 0 nitrogen and oxygen atoms in total. The molecule has 0 aliphatic heterocycles. The van der Waals surface area contributed by atoms with Gasteiger partial charge in [-0.05, 0) is 108 Å². The summed E-state index contributed by atoms with van der Waals surface area (Å²) >= 11 is 33.0. The fraction of sp³-hybridized carbons (Fsp3) is 0.143. The highest BCUT2D eigenvalue weighted by Gasteiger charge is 2.37. The molecule has 7 heteroatoms. The first-order valence-corrected chi connectivity index (χ1v) is 16.5. The van der Waals surface area contributed by atoms with Gasteiger partial charge in [0.1, 0.15) is 0 Å². The lowest BCUT2D eigenvalue weighted by Crippen LogP contribution is -2.29. The lowest BCUT2D eigenvalue weighted by Gasteiger charge is -2.37. The average Bonchev–Trinajstić information content (AvgIpc) is 2.92. The van der Waals surface area contributed by atoms with Gasteiger partial charge in [-0.2, -0.15) is 0 Å². The molecule has 214 valence electrons. The van der Waals surface area contributed by atoms with E-state index in [1.165, 1.54) is 11.1 Å². The van der Waals surface area contributed by atoms with Crippen molar-refractivity contribution in [3.8, 4) is 0 Å². The van der Waals surface area contributed by atoms with E-state index >= 15 is 0 Å². The van der Waals surface area contributed by atoms with Crippen LogP contribution < -0.4 is 0 Å². The quantitative estimate of drug-likeness (QED) is 0.0676. The highest BCUT2D eigenvalue weighted by atomic mass is 32.1. The first-order valence-electron chi connectivity index (χ1n) is 13.3. The van der Waals surface area contributed by atoms with Gasteiger partial charge in [0.15, 0.2) is 0 Å². The zero-order valence-electron chi connectivity index (χ0n) is 23.4. The molecule has 0 N–H and O–H groups in total. The molecule has 5 aromatic carbocycles. The molecule has 0 saturated carbocycles. The predicted molar refractivity (Wildman–Crippen MR) is 199 cm³/mol. The van der Waals surface area contributed by atoms with Gasteiger partial charge in [0.05, 0.1) is 0 Å². The van der Waals surface area contributed by atoms with Gasteiger partial charge in [0.25, 0.3) is 0 Å². The number of benzene rings is 5. The van der Waals surface area contributed by atoms with Crippen LogP contribution in [0.3, 0.4) is 0 Å². The van der Waals surface area contributed by atoms with Crippen molar-refractivity contribution in [1.82, 2.24) is 0 Å². The summed E-state index contributed by atoms with van der Waals surface area (Å²) in [7, 11) is 0. The minimum atomic E-state index is -0.544. The third kappa shape index (κ3) is 5.83. The second-order valence-electron chi connectivity index (χ2n) is 10.9. The van der Waals surface area contributed by atoms with Crippen molar-refractivity contribution in [3.63, 3.8) is 0 Å². The Morgan fingerprint density at radius 1 is 0.381 bits per heavy atom. The van der Waals surface area contributed by atoms with Gasteiger partial charge in [-0.1, -0.05) is 48.5 Å². The maximum atomic E-state index is 4.92. The average molecular weight is 677 g/mol. The molecule has 1 unspecified atom stereocenters. The Kier molecular flexibility index (Phi) is 9.52. The molecule has 5 rings (SSSR count). The lowest BCUT2D eigenvalue weighted by atomic mass is 9.67. The molecule has 0 aliphatic rings. The van der Waals surface area contributed by atoms with Crippen molar-refractivity contribution in [2.24, 2.45) is 0 Å². The predicted octanol–water partition coefficient (Wildman–Crippen LogP) is 10.7. The topological polar surface area (TPSA) is 0 Å². The minimum Gasteiger partial charge on any atom is -0.143 e. The van der Waals surface area contributed by atoms with Crippen LogP contribution >= 0.6 is 88.4 Å². The van der Waals surface area contributed by atoms with E-state index in [0.717, 1.165) is 62.1 Å². The molecule has 42 heavy (non-hydrogen) atoms. The normalized spacial score (nSPS) is 13.2. The molecule has 0 heterocycles. The largest absolute Gasteiger partial charge is 0.143 e. The van der Waals surface area contributed by atoms with Crippen LogP contribution in [-0.4, -0.2) is 0 Å². The van der Waals surface area contributed by atoms with Gasteiger partial charge >= 0.3 is 0 Å². The Hall–Kier alpha value is -1.45. The van der Waals surface area contributed by atoms with E-state index in [0.29, 0.717) is 0 Å². The van der Waals surface area contributed by atoms with Crippen LogP contribution in [0.5, 0.6) is 0 Å². The molecule has 0 fully saturated rings. The Morgan fingerprint density at radius 2 is 0.667 bits per heavy atom. The van der Waals surface area contributed by atoms with Crippen LogP contribution in [0, 0.1) is 6.92 Å². The summed E-state index contributed by atoms with van der Waals surface area (Å²) in [6, 6.07) is 33.7. The molecule has 0 aromatic heterocycles. The summed E-state index contributed by atoms with van der Waals surface area (Å²) < 4.78 is 0. The Morgan fingerprint density at radius 3 is 0.976 bits per heavy atom. The van der Waals surface area contributed by atoms with Crippen molar-refractivity contribution < 1.29 is 0 Å². The van der Waals surface area contributed by atoms with Crippen LogP contribution in [-0.2, 0) is 10.8 Å². The summed E-state index contributed by atoms with van der Waals surface area (Å²) in [5.74, 6) is 0. The number of thiol groups is 7. The second-order valence-corrected chi connectivity index (χ2v) is 14.4. The van der Waals surface area contributed by atoms with Crippen molar-refractivity contribution in [2.75, 3.05) is 0 Å². The Labute approximate surface area is 288 Å². The van der Waals surface area contributed by atoms with E-state index in [1.54, 1.807) is 0 Å². The summed E-state index contributed by atoms with van der Waals surface area (Å²) in [4.78, 5) is 6.19. The molecule has 0 spiro atoms. The molecule has 5 aromatic rings. The Balaban J connectivity index is 1.75. The fourth-order valence-electron chi connectivity index (χ4n) is 6.09. The third-order valence-corrected chi connectivity index (χ3v) is 10.6. The van der Waals surface area contributed by atoms with Crippen molar-refractivity contribution >= 4 is 88.4 Å². The first kappa shape index (κ1) is 32.0. The number of hydrogen-bond acceptors (Lipinski definition) is 7. The minimum absolute atomic E-state index is 0.482. The standard InChI is InChI=1S/C35H32S7/c1-20-16-23(36)8-12-27(20)34(2,28-13-9-24(37)17-31(28)40)21-4-6-22(7-5-21)35(3,29-14-10-25(38)18-32(29)41)30-15-11-26(39)19-33(30)42/h4-19,36-42H,1-3H3. The molecule has 0 aliphatic carbocycles. The Bertz CT molecular complexity index is 1560. The molecule has 0 saturated heterocycles. The number of hydrogen-bond donors (Lipinski definition) is 7. The lowest BCUT2D eigenvalue weighted by molar-refractivity contribution is 0.650. The summed E-state index contributed by atoms with van der Waals surface area (Å²) in [5, 5.41) is 0. The van der Waals surface area contributed by atoms with E-state index < -0.39 is 10.8 Å². The number of rotatable bonds is 6. The summed E-state index contributed by atoms with van der Waals surface area (Å²) in [5.41, 5.74) is 6.87. The van der Waals surface area contributed by atoms with Crippen LogP contribution in [0.1, 0.15) is 52.8 Å². The van der Waals surface area contributed by atoms with E-state index in [2.05, 4.69) is 132 Å². The summed E-state index contributed by atoms with van der Waals surface area (Å²) in [6.07, 6.45) is 0. The zero-order valence-corrected chi connectivity index (χ0v) is 29.6. The van der Waals surface area contributed by atoms with Crippen molar-refractivity contribution in [1.29, 1.82) is 0 Å². The van der Waals surface area contributed by atoms with Gasteiger partial charge < -0.3 is 0 Å². The maximum absolute atomic E-state index is 4.92. The van der Waals surface area contributed by atoms with Gasteiger partial charge in [-0.3, -0.25) is 0 Å². The molecule has 0 radical (unpaired) electrons. The molecular weight excluding hydrogens is 645 g/mol. The van der Waals surface area contributed by atoms with Crippen LogP contribution in [0.15, 0.2) is 131 Å². The monoisotopic (exact) mass is 676 g/mol. The van der Waals surface area contributed by atoms with Crippen molar-refractivity contribution in [2.45, 2.75) is 65.9 Å². The number of aryl methyl sites for hydroxylation is 1. The molecule has 0 amide bonds. The third-order valence-electron chi connectivity index (χ3n) is 8.35.